The van der Waals surface area contributed by atoms with Crippen molar-refractivity contribution in [1.82, 2.24) is 14.9 Å². The number of carbonyl (C=O) groups is 1. The first kappa shape index (κ1) is 14.6. The van der Waals surface area contributed by atoms with Crippen LogP contribution < -0.4 is 10.6 Å². The molecule has 116 valence electrons. The van der Waals surface area contributed by atoms with Crippen LogP contribution in [0.3, 0.4) is 0 Å². The van der Waals surface area contributed by atoms with Crippen LogP contribution in [0.2, 0.25) is 0 Å². The molecule has 0 unspecified atom stereocenters. The Morgan fingerprint density at radius 2 is 2.23 bits per heavy atom. The molecule has 0 spiro atoms. The van der Waals surface area contributed by atoms with Crippen molar-refractivity contribution >= 4 is 12.0 Å². The molecule has 6 heteroatoms. The highest BCUT2D eigenvalue weighted by Crippen LogP contribution is 2.21. The number of urea groups is 1. The Balaban J connectivity index is 1.61. The van der Waals surface area contributed by atoms with Crippen LogP contribution in [0.5, 0.6) is 0 Å². The Bertz CT molecular complexity index is 633. The van der Waals surface area contributed by atoms with E-state index in [2.05, 4.69) is 15.6 Å². The van der Waals surface area contributed by atoms with E-state index in [1.165, 1.54) is 0 Å². The predicted molar refractivity (Wildman–Crippen MR) is 84.6 cm³/mol. The fourth-order valence-electron chi connectivity index (χ4n) is 2.56. The Morgan fingerprint density at radius 3 is 2.95 bits per heavy atom. The fraction of sp³-hybridized carbons (Fsp3) is 0.375. The molecule has 2 amide bonds. The molecule has 0 bridgehead atoms. The SMILES string of the molecule is Cn1c(-c2ccccc2)cnc1NC(=O)NC[C@H]1CCCO1. The van der Waals surface area contributed by atoms with Gasteiger partial charge in [-0.15, -0.1) is 0 Å². The number of anilines is 1. The summed E-state index contributed by atoms with van der Waals surface area (Å²) in [5.74, 6) is 0.517. The molecule has 2 heterocycles. The van der Waals surface area contributed by atoms with Crippen molar-refractivity contribution in [3.05, 3.63) is 36.5 Å². The average Bonchev–Trinajstić information content (AvgIpc) is 3.17. The van der Waals surface area contributed by atoms with Gasteiger partial charge in [-0.2, -0.15) is 0 Å². The maximum absolute atomic E-state index is 11.9. The molecule has 1 aromatic carbocycles. The molecular formula is C16H20N4O2. The van der Waals surface area contributed by atoms with Crippen molar-refractivity contribution in [1.29, 1.82) is 0 Å². The van der Waals surface area contributed by atoms with Crippen molar-refractivity contribution in [3.63, 3.8) is 0 Å². The molecule has 1 atom stereocenters. The summed E-state index contributed by atoms with van der Waals surface area (Å²) in [6.45, 7) is 1.32. The van der Waals surface area contributed by atoms with Gasteiger partial charge in [-0.1, -0.05) is 30.3 Å². The van der Waals surface area contributed by atoms with E-state index < -0.39 is 0 Å². The predicted octanol–water partition coefficient (Wildman–Crippen LogP) is 2.39. The van der Waals surface area contributed by atoms with Crippen LogP contribution in [0.25, 0.3) is 11.3 Å². The standard InChI is InChI=1S/C16H20N4O2/c1-20-14(12-6-3-2-4-7-12)11-17-15(20)19-16(21)18-10-13-8-5-9-22-13/h2-4,6-7,11,13H,5,8-10H2,1H3,(H2,17,18,19,21)/t13-/m1/s1. The summed E-state index contributed by atoms with van der Waals surface area (Å²) < 4.78 is 7.34. The lowest BCUT2D eigenvalue weighted by atomic mass is 10.2. The Hall–Kier alpha value is -2.34. The zero-order valence-electron chi connectivity index (χ0n) is 12.6. The van der Waals surface area contributed by atoms with Crippen molar-refractivity contribution in [2.75, 3.05) is 18.5 Å². The molecule has 2 N–H and O–H groups in total. The van der Waals surface area contributed by atoms with Crippen molar-refractivity contribution in [2.24, 2.45) is 7.05 Å². The van der Waals surface area contributed by atoms with Crippen LogP contribution >= 0.6 is 0 Å². The summed E-state index contributed by atoms with van der Waals surface area (Å²) in [6.07, 6.45) is 3.95. The van der Waals surface area contributed by atoms with Gasteiger partial charge in [0.25, 0.3) is 0 Å². The normalized spacial score (nSPS) is 17.4. The second-order valence-electron chi connectivity index (χ2n) is 5.36. The molecule has 1 saturated heterocycles. The van der Waals surface area contributed by atoms with Gasteiger partial charge in [0.05, 0.1) is 18.0 Å². The molecule has 2 aromatic rings. The Morgan fingerprint density at radius 1 is 1.41 bits per heavy atom. The fourth-order valence-corrected chi connectivity index (χ4v) is 2.56. The highest BCUT2D eigenvalue weighted by Gasteiger charge is 2.17. The molecule has 6 nitrogen and oxygen atoms in total. The highest BCUT2D eigenvalue weighted by molar-refractivity contribution is 5.88. The number of imidazole rings is 1. The van der Waals surface area contributed by atoms with Crippen molar-refractivity contribution < 1.29 is 9.53 Å². The van der Waals surface area contributed by atoms with Gasteiger partial charge in [0, 0.05) is 20.2 Å². The summed E-state index contributed by atoms with van der Waals surface area (Å²) in [5.41, 5.74) is 2.01. The molecule has 1 aromatic heterocycles. The lowest BCUT2D eigenvalue weighted by Crippen LogP contribution is -2.35. The third kappa shape index (κ3) is 3.28. The van der Waals surface area contributed by atoms with Crippen molar-refractivity contribution in [2.45, 2.75) is 18.9 Å². The summed E-state index contributed by atoms with van der Waals surface area (Å²) in [6, 6.07) is 9.69. The van der Waals surface area contributed by atoms with Gasteiger partial charge < -0.3 is 14.6 Å². The van der Waals surface area contributed by atoms with Gasteiger partial charge in [-0.3, -0.25) is 5.32 Å². The van der Waals surface area contributed by atoms with Gasteiger partial charge in [-0.05, 0) is 18.4 Å². The van der Waals surface area contributed by atoms with Gasteiger partial charge >= 0.3 is 6.03 Å². The molecule has 1 aliphatic heterocycles. The maximum Gasteiger partial charge on any atom is 0.321 e. The van der Waals surface area contributed by atoms with Gasteiger partial charge in [-0.25, -0.2) is 9.78 Å². The van der Waals surface area contributed by atoms with Gasteiger partial charge in [0.2, 0.25) is 5.95 Å². The van der Waals surface area contributed by atoms with E-state index in [0.717, 1.165) is 30.7 Å². The summed E-state index contributed by atoms with van der Waals surface area (Å²) in [4.78, 5) is 16.2. The lowest BCUT2D eigenvalue weighted by molar-refractivity contribution is 0.112. The molecule has 0 saturated carbocycles. The van der Waals surface area contributed by atoms with E-state index in [1.54, 1.807) is 6.20 Å². The number of ether oxygens (including phenoxy) is 1. The first-order valence-corrected chi connectivity index (χ1v) is 7.47. The topological polar surface area (TPSA) is 68.2 Å². The smallest absolute Gasteiger partial charge is 0.321 e. The Kier molecular flexibility index (Phi) is 4.39. The van der Waals surface area contributed by atoms with Gasteiger partial charge in [0.15, 0.2) is 0 Å². The Labute approximate surface area is 129 Å². The molecule has 22 heavy (non-hydrogen) atoms. The highest BCUT2D eigenvalue weighted by atomic mass is 16.5. The zero-order chi connectivity index (χ0) is 15.4. The zero-order valence-corrected chi connectivity index (χ0v) is 12.6. The third-order valence-electron chi connectivity index (χ3n) is 3.80. The first-order chi connectivity index (χ1) is 10.7. The number of nitrogens with one attached hydrogen (secondary N) is 2. The van der Waals surface area contributed by atoms with Crippen LogP contribution in [0.4, 0.5) is 10.7 Å². The minimum Gasteiger partial charge on any atom is -0.376 e. The molecule has 3 rings (SSSR count). The largest absolute Gasteiger partial charge is 0.376 e. The van der Waals surface area contributed by atoms with Crippen molar-refractivity contribution in [3.8, 4) is 11.3 Å². The third-order valence-corrected chi connectivity index (χ3v) is 3.80. The number of benzene rings is 1. The number of amides is 2. The quantitative estimate of drug-likeness (QED) is 0.911. The summed E-state index contributed by atoms with van der Waals surface area (Å²) >= 11 is 0. The van der Waals surface area contributed by atoms with E-state index >= 15 is 0 Å². The summed E-state index contributed by atoms with van der Waals surface area (Å²) in [7, 11) is 1.88. The van der Waals surface area contributed by atoms with Crippen LogP contribution in [0, 0.1) is 0 Å². The number of hydrogen-bond donors (Lipinski definition) is 2. The molecule has 0 aliphatic carbocycles. The van der Waals surface area contributed by atoms with Crippen LogP contribution in [0.15, 0.2) is 36.5 Å². The summed E-state index contributed by atoms with van der Waals surface area (Å²) in [5, 5.41) is 5.59. The molecule has 1 aliphatic rings. The van der Waals surface area contributed by atoms with E-state index in [-0.39, 0.29) is 12.1 Å². The van der Waals surface area contributed by atoms with E-state index in [0.29, 0.717) is 12.5 Å². The lowest BCUT2D eigenvalue weighted by Gasteiger charge is -2.12. The monoisotopic (exact) mass is 300 g/mol. The number of hydrogen-bond acceptors (Lipinski definition) is 3. The van der Waals surface area contributed by atoms with Crippen LogP contribution in [0.1, 0.15) is 12.8 Å². The number of carbonyl (C=O) groups excluding carboxylic acids is 1. The van der Waals surface area contributed by atoms with Crippen LogP contribution in [-0.2, 0) is 11.8 Å². The molecule has 0 radical (unpaired) electrons. The number of aromatic nitrogens is 2. The number of nitrogens with zero attached hydrogens (tertiary/aromatic N) is 2. The number of rotatable bonds is 4. The molecular weight excluding hydrogens is 280 g/mol. The van der Waals surface area contributed by atoms with Gasteiger partial charge in [0.1, 0.15) is 0 Å². The van der Waals surface area contributed by atoms with Crippen LogP contribution in [-0.4, -0.2) is 34.8 Å². The minimum absolute atomic E-state index is 0.131. The maximum atomic E-state index is 11.9. The van der Waals surface area contributed by atoms with E-state index in [4.69, 9.17) is 4.74 Å². The minimum atomic E-state index is -0.260. The molecule has 1 fully saturated rings. The van der Waals surface area contributed by atoms with E-state index in [9.17, 15) is 4.79 Å². The average molecular weight is 300 g/mol. The second kappa shape index (κ2) is 6.62. The van der Waals surface area contributed by atoms with E-state index in [1.807, 2.05) is 41.9 Å². The first-order valence-electron chi connectivity index (χ1n) is 7.47. The second-order valence-corrected chi connectivity index (χ2v) is 5.36.